The summed E-state index contributed by atoms with van der Waals surface area (Å²) in [6, 6.07) is 16.2. The summed E-state index contributed by atoms with van der Waals surface area (Å²) >= 11 is 0. The van der Waals surface area contributed by atoms with Crippen LogP contribution in [0.25, 0.3) is 0 Å². The van der Waals surface area contributed by atoms with Crippen LogP contribution in [0.5, 0.6) is 11.5 Å². The highest BCUT2D eigenvalue weighted by Crippen LogP contribution is 2.31. The summed E-state index contributed by atoms with van der Waals surface area (Å²) in [6.07, 6.45) is 0.677. The fraction of sp³-hybridized carbons (Fsp3) is 0.300. The van der Waals surface area contributed by atoms with E-state index in [2.05, 4.69) is 33.2 Å². The molecule has 6 nitrogen and oxygen atoms in total. The fourth-order valence-corrected chi connectivity index (χ4v) is 2.99. The maximum Gasteiger partial charge on any atom is 0.240 e. The maximum atomic E-state index is 5.64. The lowest BCUT2D eigenvalue weighted by molar-refractivity contribution is 0.171. The molecule has 0 unspecified atom stereocenters. The summed E-state index contributed by atoms with van der Waals surface area (Å²) in [5.41, 5.74) is 2.32. The molecular weight excluding hydrogens is 330 g/mol. The lowest BCUT2D eigenvalue weighted by Crippen LogP contribution is -2.19. The summed E-state index contributed by atoms with van der Waals surface area (Å²) in [5.74, 6) is 2.95. The van der Waals surface area contributed by atoms with Gasteiger partial charge in [-0.3, -0.25) is 4.90 Å². The Morgan fingerprint density at radius 3 is 2.58 bits per heavy atom. The minimum absolute atomic E-state index is 0.593. The van der Waals surface area contributed by atoms with Crippen LogP contribution in [0, 0.1) is 0 Å². The van der Waals surface area contributed by atoms with Gasteiger partial charge in [0.15, 0.2) is 17.3 Å². The average Bonchev–Trinajstić information content (AvgIpc) is 3.09. The number of nitrogens with zero attached hydrogens (tertiary/aromatic N) is 3. The zero-order chi connectivity index (χ0) is 17.8. The van der Waals surface area contributed by atoms with Crippen molar-refractivity contribution in [1.29, 1.82) is 0 Å². The van der Waals surface area contributed by atoms with Crippen molar-refractivity contribution >= 4 is 0 Å². The van der Waals surface area contributed by atoms with Crippen molar-refractivity contribution in [2.24, 2.45) is 0 Å². The lowest BCUT2D eigenvalue weighted by Gasteiger charge is -2.20. The normalized spacial score (nSPS) is 13.2. The first-order valence-corrected chi connectivity index (χ1v) is 8.69. The number of benzene rings is 2. The Kier molecular flexibility index (Phi) is 4.84. The van der Waals surface area contributed by atoms with E-state index in [-0.39, 0.29) is 0 Å². The van der Waals surface area contributed by atoms with Crippen molar-refractivity contribution in [3.63, 3.8) is 0 Å². The van der Waals surface area contributed by atoms with E-state index >= 15 is 0 Å². The fourth-order valence-electron chi connectivity index (χ4n) is 2.99. The standard InChI is InChI=1S/C20H21N3O3/c1-23(13-16-7-8-17-18(11-16)25-10-9-24-17)14-20-21-19(22-26-20)12-15-5-3-2-4-6-15/h2-8,11H,9-10,12-14H2,1H3. The second kappa shape index (κ2) is 7.58. The van der Waals surface area contributed by atoms with Crippen LogP contribution in [0.4, 0.5) is 0 Å². The van der Waals surface area contributed by atoms with E-state index in [0.717, 1.165) is 23.6 Å². The van der Waals surface area contributed by atoms with Gasteiger partial charge in [-0.1, -0.05) is 41.6 Å². The smallest absolute Gasteiger partial charge is 0.240 e. The molecule has 1 aromatic heterocycles. The molecule has 4 rings (SSSR count). The summed E-state index contributed by atoms with van der Waals surface area (Å²) in [7, 11) is 2.03. The Morgan fingerprint density at radius 1 is 0.923 bits per heavy atom. The highest BCUT2D eigenvalue weighted by molar-refractivity contribution is 5.43. The largest absolute Gasteiger partial charge is 0.486 e. The Balaban J connectivity index is 1.35. The van der Waals surface area contributed by atoms with Crippen LogP contribution in [-0.4, -0.2) is 35.3 Å². The number of hydrogen-bond acceptors (Lipinski definition) is 6. The molecule has 0 atom stereocenters. The van der Waals surface area contributed by atoms with Gasteiger partial charge < -0.3 is 14.0 Å². The van der Waals surface area contributed by atoms with E-state index in [4.69, 9.17) is 14.0 Å². The van der Waals surface area contributed by atoms with Crippen LogP contribution in [0.15, 0.2) is 53.1 Å². The molecule has 0 fully saturated rings. The van der Waals surface area contributed by atoms with Gasteiger partial charge in [-0.15, -0.1) is 0 Å². The molecule has 6 heteroatoms. The van der Waals surface area contributed by atoms with Crippen molar-refractivity contribution in [3.05, 3.63) is 71.4 Å². The van der Waals surface area contributed by atoms with Gasteiger partial charge in [-0.05, 0) is 30.3 Å². The first-order valence-electron chi connectivity index (χ1n) is 8.69. The summed E-state index contributed by atoms with van der Waals surface area (Å²) in [4.78, 5) is 6.62. The van der Waals surface area contributed by atoms with E-state index in [1.54, 1.807) is 0 Å². The van der Waals surface area contributed by atoms with Crippen molar-refractivity contribution in [2.75, 3.05) is 20.3 Å². The third-order valence-electron chi connectivity index (χ3n) is 4.18. The van der Waals surface area contributed by atoms with Crippen LogP contribution in [-0.2, 0) is 19.5 Å². The van der Waals surface area contributed by atoms with Crippen LogP contribution in [0.3, 0.4) is 0 Å². The van der Waals surface area contributed by atoms with Gasteiger partial charge in [-0.2, -0.15) is 4.98 Å². The average molecular weight is 351 g/mol. The van der Waals surface area contributed by atoms with Gasteiger partial charge >= 0.3 is 0 Å². The number of aromatic nitrogens is 2. The van der Waals surface area contributed by atoms with Crippen LogP contribution < -0.4 is 9.47 Å². The van der Waals surface area contributed by atoms with Crippen LogP contribution in [0.2, 0.25) is 0 Å². The Hall–Kier alpha value is -2.86. The van der Waals surface area contributed by atoms with Gasteiger partial charge in [0.05, 0.1) is 6.54 Å². The number of rotatable bonds is 6. The van der Waals surface area contributed by atoms with Gasteiger partial charge in [0.1, 0.15) is 13.2 Å². The second-order valence-corrected chi connectivity index (χ2v) is 6.42. The zero-order valence-corrected chi connectivity index (χ0v) is 14.7. The molecule has 1 aliphatic rings. The predicted octanol–water partition coefficient (Wildman–Crippen LogP) is 3.06. The van der Waals surface area contributed by atoms with Gasteiger partial charge in [0.2, 0.25) is 5.89 Å². The lowest BCUT2D eigenvalue weighted by atomic mass is 10.1. The van der Waals surface area contributed by atoms with Crippen LogP contribution in [0.1, 0.15) is 22.8 Å². The van der Waals surface area contributed by atoms with E-state index in [0.29, 0.717) is 37.9 Å². The van der Waals surface area contributed by atoms with Gasteiger partial charge in [-0.25, -0.2) is 0 Å². The quantitative estimate of drug-likeness (QED) is 0.680. The number of ether oxygens (including phenoxy) is 2. The molecule has 0 saturated heterocycles. The summed E-state index contributed by atoms with van der Waals surface area (Å²) in [6.45, 7) is 2.55. The SMILES string of the molecule is CN(Cc1ccc2c(c1)OCCO2)Cc1nc(Cc2ccccc2)no1. The van der Waals surface area contributed by atoms with E-state index in [1.165, 1.54) is 5.56 Å². The molecule has 0 N–H and O–H groups in total. The number of hydrogen-bond donors (Lipinski definition) is 0. The molecule has 2 heterocycles. The second-order valence-electron chi connectivity index (χ2n) is 6.42. The highest BCUT2D eigenvalue weighted by Gasteiger charge is 2.14. The van der Waals surface area contributed by atoms with Crippen molar-refractivity contribution in [3.8, 4) is 11.5 Å². The van der Waals surface area contributed by atoms with E-state index in [9.17, 15) is 0 Å². The zero-order valence-electron chi connectivity index (χ0n) is 14.7. The molecule has 0 bridgehead atoms. The third-order valence-corrected chi connectivity index (χ3v) is 4.18. The maximum absolute atomic E-state index is 5.64. The van der Waals surface area contributed by atoms with Crippen LogP contribution >= 0.6 is 0 Å². The minimum atomic E-state index is 0.593. The molecule has 3 aromatic rings. The number of fused-ring (bicyclic) bond motifs is 1. The van der Waals surface area contributed by atoms with E-state index in [1.807, 2.05) is 37.4 Å². The molecule has 0 spiro atoms. The minimum Gasteiger partial charge on any atom is -0.486 e. The van der Waals surface area contributed by atoms with Crippen molar-refractivity contribution in [2.45, 2.75) is 19.5 Å². The van der Waals surface area contributed by atoms with Gasteiger partial charge in [0, 0.05) is 13.0 Å². The highest BCUT2D eigenvalue weighted by atomic mass is 16.6. The first kappa shape index (κ1) is 16.6. The monoisotopic (exact) mass is 351 g/mol. The first-order chi connectivity index (χ1) is 12.8. The molecular formula is C20H21N3O3. The van der Waals surface area contributed by atoms with E-state index < -0.39 is 0 Å². The molecule has 2 aromatic carbocycles. The molecule has 1 aliphatic heterocycles. The molecule has 0 saturated carbocycles. The molecule has 0 aliphatic carbocycles. The Bertz CT molecular complexity index is 864. The molecule has 26 heavy (non-hydrogen) atoms. The topological polar surface area (TPSA) is 60.6 Å². The molecule has 0 radical (unpaired) electrons. The van der Waals surface area contributed by atoms with Gasteiger partial charge in [0.25, 0.3) is 0 Å². The van der Waals surface area contributed by atoms with Crippen molar-refractivity contribution < 1.29 is 14.0 Å². The summed E-state index contributed by atoms with van der Waals surface area (Å²) in [5, 5.41) is 4.08. The molecule has 0 amide bonds. The molecule has 134 valence electrons. The van der Waals surface area contributed by atoms with Crippen molar-refractivity contribution in [1.82, 2.24) is 15.0 Å². The third kappa shape index (κ3) is 4.03. The summed E-state index contributed by atoms with van der Waals surface area (Å²) < 4.78 is 16.6. The Labute approximate surface area is 152 Å². The predicted molar refractivity (Wildman–Crippen MR) is 96.1 cm³/mol. The Morgan fingerprint density at radius 2 is 1.73 bits per heavy atom.